The molecule has 0 spiro atoms. The SMILES string of the molecule is O=S(=O)(c1cccn2cnnc12)N(Cc1ccccc1)c1cccc(Cl)c1. The van der Waals surface area contributed by atoms with E-state index in [0.717, 1.165) is 5.56 Å². The van der Waals surface area contributed by atoms with E-state index in [-0.39, 0.29) is 17.1 Å². The number of hydrogen-bond acceptors (Lipinski definition) is 4. The van der Waals surface area contributed by atoms with Crippen LogP contribution in [0.3, 0.4) is 0 Å². The normalized spacial score (nSPS) is 11.6. The van der Waals surface area contributed by atoms with Crippen LogP contribution in [0.15, 0.2) is 84.1 Å². The van der Waals surface area contributed by atoms with Crippen LogP contribution in [0.25, 0.3) is 5.65 Å². The van der Waals surface area contributed by atoms with Crippen LogP contribution in [0, 0.1) is 0 Å². The van der Waals surface area contributed by atoms with Gasteiger partial charge in [0.25, 0.3) is 10.0 Å². The Kier molecular flexibility index (Phi) is 4.55. The predicted molar refractivity (Wildman–Crippen MR) is 104 cm³/mol. The van der Waals surface area contributed by atoms with Gasteiger partial charge in [-0.15, -0.1) is 10.2 Å². The molecule has 0 unspecified atom stereocenters. The number of rotatable bonds is 5. The fourth-order valence-electron chi connectivity index (χ4n) is 2.84. The molecule has 4 aromatic rings. The zero-order chi connectivity index (χ0) is 18.9. The molecule has 0 saturated heterocycles. The van der Waals surface area contributed by atoms with Crippen molar-refractivity contribution in [2.24, 2.45) is 0 Å². The van der Waals surface area contributed by atoms with Gasteiger partial charge in [0.05, 0.1) is 12.2 Å². The molecular formula is C19H15ClN4O2S. The summed E-state index contributed by atoms with van der Waals surface area (Å²) in [6.45, 7) is 0.165. The summed E-state index contributed by atoms with van der Waals surface area (Å²) >= 11 is 6.12. The Morgan fingerprint density at radius 3 is 2.59 bits per heavy atom. The highest BCUT2D eigenvalue weighted by molar-refractivity contribution is 7.93. The summed E-state index contributed by atoms with van der Waals surface area (Å²) in [6.07, 6.45) is 3.17. The van der Waals surface area contributed by atoms with Crippen molar-refractivity contribution >= 4 is 33.0 Å². The monoisotopic (exact) mass is 398 g/mol. The third-order valence-electron chi connectivity index (χ3n) is 4.12. The number of pyridine rings is 1. The topological polar surface area (TPSA) is 67.6 Å². The average molecular weight is 399 g/mol. The van der Waals surface area contributed by atoms with Gasteiger partial charge >= 0.3 is 0 Å². The lowest BCUT2D eigenvalue weighted by Crippen LogP contribution is -2.31. The molecule has 2 aromatic heterocycles. The van der Waals surface area contributed by atoms with Crippen molar-refractivity contribution in [2.45, 2.75) is 11.4 Å². The third kappa shape index (κ3) is 3.39. The lowest BCUT2D eigenvalue weighted by molar-refractivity contribution is 0.590. The maximum absolute atomic E-state index is 13.6. The maximum atomic E-state index is 13.6. The van der Waals surface area contributed by atoms with Gasteiger partial charge in [-0.2, -0.15) is 0 Å². The summed E-state index contributed by atoms with van der Waals surface area (Å²) in [4.78, 5) is 0.0819. The van der Waals surface area contributed by atoms with Gasteiger partial charge in [-0.25, -0.2) is 8.42 Å². The molecular weight excluding hydrogens is 384 g/mol. The van der Waals surface area contributed by atoms with Gasteiger partial charge in [0.1, 0.15) is 11.2 Å². The van der Waals surface area contributed by atoms with Gasteiger partial charge in [0.2, 0.25) is 0 Å². The molecule has 27 heavy (non-hydrogen) atoms. The van der Waals surface area contributed by atoms with Crippen molar-refractivity contribution in [1.82, 2.24) is 14.6 Å². The van der Waals surface area contributed by atoms with Crippen LogP contribution < -0.4 is 4.31 Å². The number of aromatic nitrogens is 3. The van der Waals surface area contributed by atoms with Crippen LogP contribution in [-0.4, -0.2) is 23.0 Å². The molecule has 0 aliphatic carbocycles. The Balaban J connectivity index is 1.88. The van der Waals surface area contributed by atoms with Gasteiger partial charge in [-0.1, -0.05) is 48.0 Å². The van der Waals surface area contributed by atoms with E-state index in [1.165, 1.54) is 16.7 Å². The predicted octanol–water partition coefficient (Wildman–Crippen LogP) is 3.78. The van der Waals surface area contributed by atoms with Crippen molar-refractivity contribution in [3.8, 4) is 0 Å². The second kappa shape index (κ2) is 7.02. The number of fused-ring (bicyclic) bond motifs is 1. The number of hydrogen-bond donors (Lipinski definition) is 0. The zero-order valence-corrected chi connectivity index (χ0v) is 15.7. The highest BCUT2D eigenvalue weighted by Crippen LogP contribution is 2.29. The van der Waals surface area contributed by atoms with E-state index in [9.17, 15) is 8.42 Å². The van der Waals surface area contributed by atoms with Crippen LogP contribution in [0.2, 0.25) is 5.02 Å². The van der Waals surface area contributed by atoms with Crippen molar-refractivity contribution in [2.75, 3.05) is 4.31 Å². The minimum atomic E-state index is -3.91. The molecule has 4 rings (SSSR count). The van der Waals surface area contributed by atoms with E-state index in [1.807, 2.05) is 30.3 Å². The van der Waals surface area contributed by atoms with Gasteiger partial charge < -0.3 is 0 Å². The van der Waals surface area contributed by atoms with Crippen molar-refractivity contribution in [3.63, 3.8) is 0 Å². The van der Waals surface area contributed by atoms with E-state index in [2.05, 4.69) is 10.2 Å². The van der Waals surface area contributed by atoms with Crippen molar-refractivity contribution < 1.29 is 8.42 Å². The standard InChI is InChI=1S/C19H15ClN4O2S/c20-16-8-4-9-17(12-16)24(13-15-6-2-1-3-7-15)27(25,26)18-10-5-11-23-14-21-22-19(18)23/h1-12,14H,13H2. The lowest BCUT2D eigenvalue weighted by atomic mass is 10.2. The van der Waals surface area contributed by atoms with Crippen LogP contribution in [-0.2, 0) is 16.6 Å². The second-order valence-corrected chi connectivity index (χ2v) is 8.18. The Labute approximate surface area is 161 Å². The molecule has 6 nitrogen and oxygen atoms in total. The Morgan fingerprint density at radius 2 is 1.81 bits per heavy atom. The van der Waals surface area contributed by atoms with Gasteiger partial charge in [0.15, 0.2) is 5.65 Å². The van der Waals surface area contributed by atoms with Gasteiger partial charge in [-0.3, -0.25) is 8.71 Å². The number of halogens is 1. The fourth-order valence-corrected chi connectivity index (χ4v) is 4.60. The first kappa shape index (κ1) is 17.5. The zero-order valence-electron chi connectivity index (χ0n) is 14.1. The highest BCUT2D eigenvalue weighted by Gasteiger charge is 2.28. The molecule has 0 atom stereocenters. The summed E-state index contributed by atoms with van der Waals surface area (Å²) < 4.78 is 30.0. The highest BCUT2D eigenvalue weighted by atomic mass is 35.5. The number of nitrogens with zero attached hydrogens (tertiary/aromatic N) is 4. The molecule has 0 aliphatic heterocycles. The van der Waals surface area contributed by atoms with E-state index in [0.29, 0.717) is 10.7 Å². The minimum Gasteiger partial charge on any atom is -0.288 e. The first-order valence-corrected chi connectivity index (χ1v) is 9.98. The lowest BCUT2D eigenvalue weighted by Gasteiger charge is -2.25. The molecule has 2 aromatic carbocycles. The van der Waals surface area contributed by atoms with E-state index >= 15 is 0 Å². The molecule has 0 aliphatic rings. The summed E-state index contributed by atoms with van der Waals surface area (Å²) in [5, 5.41) is 8.24. The second-order valence-electron chi connectivity index (χ2n) is 5.91. The van der Waals surface area contributed by atoms with Gasteiger partial charge in [0, 0.05) is 11.2 Å². The summed E-state index contributed by atoms with van der Waals surface area (Å²) in [5.74, 6) is 0. The number of benzene rings is 2. The van der Waals surface area contributed by atoms with Crippen LogP contribution >= 0.6 is 11.6 Å². The number of anilines is 1. The Bertz CT molecular complexity index is 1190. The van der Waals surface area contributed by atoms with E-state index < -0.39 is 10.0 Å². The molecule has 8 heteroatoms. The molecule has 0 bridgehead atoms. The molecule has 0 N–H and O–H groups in total. The molecule has 0 radical (unpaired) electrons. The van der Waals surface area contributed by atoms with Crippen LogP contribution in [0.1, 0.15) is 5.56 Å². The van der Waals surface area contributed by atoms with Crippen molar-refractivity contribution in [1.29, 1.82) is 0 Å². The summed E-state index contributed by atoms with van der Waals surface area (Å²) in [6, 6.07) is 19.4. The Morgan fingerprint density at radius 1 is 1.00 bits per heavy atom. The van der Waals surface area contributed by atoms with Gasteiger partial charge in [-0.05, 0) is 35.9 Å². The quantitative estimate of drug-likeness (QED) is 0.513. The van der Waals surface area contributed by atoms with Crippen LogP contribution in [0.5, 0.6) is 0 Å². The summed E-state index contributed by atoms with van der Waals surface area (Å²) in [7, 11) is -3.91. The van der Waals surface area contributed by atoms with E-state index in [4.69, 9.17) is 11.6 Å². The molecule has 0 fully saturated rings. The smallest absolute Gasteiger partial charge is 0.268 e. The minimum absolute atomic E-state index is 0.0819. The molecule has 136 valence electrons. The first-order valence-electron chi connectivity index (χ1n) is 8.16. The average Bonchev–Trinajstić information content (AvgIpc) is 3.15. The molecule has 0 saturated carbocycles. The molecule has 0 amide bonds. The molecule has 2 heterocycles. The maximum Gasteiger partial charge on any atom is 0.268 e. The fraction of sp³-hybridized carbons (Fsp3) is 0.0526. The van der Waals surface area contributed by atoms with E-state index in [1.54, 1.807) is 40.9 Å². The largest absolute Gasteiger partial charge is 0.288 e. The number of sulfonamides is 1. The summed E-state index contributed by atoms with van der Waals surface area (Å²) in [5.41, 5.74) is 1.61. The Hall–Kier alpha value is -2.90. The third-order valence-corrected chi connectivity index (χ3v) is 6.15. The first-order chi connectivity index (χ1) is 13.1. The van der Waals surface area contributed by atoms with Crippen molar-refractivity contribution in [3.05, 3.63) is 89.8 Å². The van der Waals surface area contributed by atoms with Crippen LogP contribution in [0.4, 0.5) is 5.69 Å².